The van der Waals surface area contributed by atoms with Gasteiger partial charge in [0.25, 0.3) is 0 Å². The van der Waals surface area contributed by atoms with Crippen LogP contribution in [0.4, 0.5) is 0 Å². The summed E-state index contributed by atoms with van der Waals surface area (Å²) in [6.45, 7) is 7.49. The molecular formula is C63H94N18O12. The van der Waals surface area contributed by atoms with Crippen LogP contribution in [-0.2, 0) is 67.2 Å². The normalized spacial score (nSPS) is 14.4. The van der Waals surface area contributed by atoms with Crippen molar-refractivity contribution in [1.29, 1.82) is 10.8 Å². The van der Waals surface area contributed by atoms with Crippen molar-refractivity contribution in [2.24, 2.45) is 40.5 Å². The minimum absolute atomic E-state index is 0.00312. The fraction of sp³-hybridized carbons (Fsp3) is 0.492. The number of rotatable bonds is 41. The molecule has 25 N–H and O–H groups in total. The van der Waals surface area contributed by atoms with Crippen LogP contribution in [0.3, 0.4) is 0 Å². The summed E-state index contributed by atoms with van der Waals surface area (Å²) < 4.78 is 0. The lowest BCUT2D eigenvalue weighted by Gasteiger charge is -2.29. The first-order chi connectivity index (χ1) is 44.2. The van der Waals surface area contributed by atoms with E-state index in [1.807, 2.05) is 6.92 Å². The number of guanidine groups is 2. The molecule has 0 aliphatic carbocycles. The number of aromatic nitrogens is 1. The van der Waals surface area contributed by atoms with Crippen LogP contribution in [0.25, 0.3) is 10.9 Å². The number of hydrogen-bond donors (Lipinski definition) is 20. The fourth-order valence-electron chi connectivity index (χ4n) is 10.0. The van der Waals surface area contributed by atoms with Crippen molar-refractivity contribution < 1.29 is 58.2 Å². The third-order valence-electron chi connectivity index (χ3n) is 15.4. The highest BCUT2D eigenvalue weighted by Crippen LogP contribution is 2.21. The molecule has 9 amide bonds. The van der Waals surface area contributed by atoms with E-state index in [0.29, 0.717) is 46.9 Å². The number of aliphatic carboxylic acids is 1. The third kappa shape index (κ3) is 26.5. The summed E-state index contributed by atoms with van der Waals surface area (Å²) in [4.78, 5) is 143. The molecule has 10 atom stereocenters. The van der Waals surface area contributed by atoms with E-state index in [4.69, 9.17) is 39.5 Å². The second kappa shape index (κ2) is 38.8. The van der Waals surface area contributed by atoms with Crippen molar-refractivity contribution in [2.75, 3.05) is 19.6 Å². The average Bonchev–Trinajstić information content (AvgIpc) is 1.81. The predicted molar refractivity (Wildman–Crippen MR) is 349 cm³/mol. The minimum atomic E-state index is -1.56. The van der Waals surface area contributed by atoms with Gasteiger partial charge >= 0.3 is 5.97 Å². The van der Waals surface area contributed by atoms with Gasteiger partial charge in [-0.15, -0.1) is 0 Å². The maximum absolute atomic E-state index is 14.9. The van der Waals surface area contributed by atoms with Crippen molar-refractivity contribution >= 4 is 82.0 Å². The molecule has 30 nitrogen and oxygen atoms in total. The Kier molecular flexibility index (Phi) is 31.5. The molecule has 0 unspecified atom stereocenters. The molecule has 0 saturated heterocycles. The van der Waals surface area contributed by atoms with E-state index >= 15 is 0 Å². The van der Waals surface area contributed by atoms with Gasteiger partial charge in [-0.1, -0.05) is 94.8 Å². The Bertz CT molecular complexity index is 3170. The molecule has 93 heavy (non-hydrogen) atoms. The Morgan fingerprint density at radius 3 is 1.45 bits per heavy atom. The molecule has 0 fully saturated rings. The average molecular weight is 1300 g/mol. The molecule has 0 aliphatic heterocycles. The molecule has 0 aliphatic rings. The van der Waals surface area contributed by atoms with Crippen molar-refractivity contribution in [3.8, 4) is 5.75 Å². The van der Waals surface area contributed by atoms with Crippen LogP contribution < -0.4 is 81.8 Å². The van der Waals surface area contributed by atoms with Gasteiger partial charge in [-0.25, -0.2) is 4.79 Å². The molecule has 0 spiro atoms. The summed E-state index contributed by atoms with van der Waals surface area (Å²) >= 11 is 0. The van der Waals surface area contributed by atoms with E-state index in [2.05, 4.69) is 58.2 Å². The number of aromatic amines is 1. The van der Waals surface area contributed by atoms with Gasteiger partial charge in [-0.05, 0) is 105 Å². The predicted octanol–water partition coefficient (Wildman–Crippen LogP) is -1.19. The molecule has 0 bridgehead atoms. The highest BCUT2D eigenvalue weighted by atomic mass is 16.4. The molecular weight excluding hydrogens is 1200 g/mol. The molecule has 4 rings (SSSR count). The van der Waals surface area contributed by atoms with Crippen LogP contribution in [0, 0.1) is 22.7 Å². The third-order valence-corrected chi connectivity index (χ3v) is 15.4. The van der Waals surface area contributed by atoms with Gasteiger partial charge in [0, 0.05) is 49.5 Å². The fourth-order valence-corrected chi connectivity index (χ4v) is 10.0. The molecule has 4 aromatic rings. The zero-order valence-electron chi connectivity index (χ0n) is 53.1. The number of nitrogens with one attached hydrogen (secondary N) is 13. The number of carbonyl (C=O) groups is 10. The van der Waals surface area contributed by atoms with Gasteiger partial charge in [0.1, 0.15) is 54.1 Å². The Labute approximate surface area is 540 Å². The Morgan fingerprint density at radius 1 is 0.516 bits per heavy atom. The first kappa shape index (κ1) is 75.6. The standard InChI is InChI=1S/C63H94N18O12/c1-5-36(4)52(66)60(91)80-49(33-51(65)83)59(90)79-48(32-39-34-73-42-18-10-9-17-41(39)42)58(89)74-43(19-11-12-26-64)53(84)78-47(30-37-15-7-6-8-16-37)57(88)76-44(20-13-27-71-62(67)68)54(85)77-46(29-35(2)3)56(87)75-45(21-14-28-72-63(69)70)55(86)81-50(61(92)93)31-38-22-24-40(82)25-23-38/h6-10,15-18,22-25,34-36,43-50,52,73,82H,5,11-14,19-21,26-33,64,66H2,1-4H3,(H2,65,83)(H,74,89)(H,75,87)(H,76,88)(H,77,85)(H,78,84)(H,79,90)(H,80,91)(H,81,86)(H,92,93)(H4,67,68,71)(H4,69,70,72)/t36-,43-,44-,45-,46-,47-,48-,49-,50-,52-/m0/s1. The molecule has 1 heterocycles. The minimum Gasteiger partial charge on any atom is -0.508 e. The number of benzene rings is 3. The smallest absolute Gasteiger partial charge is 0.326 e. The number of nitrogens with two attached hydrogens (primary N) is 5. The van der Waals surface area contributed by atoms with Gasteiger partial charge in [-0.2, -0.15) is 0 Å². The SMILES string of the molecule is CC[C@H](C)[C@H](N)C(=O)N[C@@H](CC(N)=O)C(=O)N[C@@H](Cc1c[nH]c2ccccc12)C(=O)N[C@@H](CCCCN)C(=O)N[C@@H](Cc1ccccc1)C(=O)N[C@@H](CCCNC(=N)N)C(=O)N[C@@H](CC(C)C)C(=O)N[C@@H](CCCNC(=N)N)C(=O)N[C@@H](Cc1ccc(O)cc1)C(=O)O. The zero-order chi connectivity index (χ0) is 68.7. The van der Waals surface area contributed by atoms with E-state index in [-0.39, 0.29) is 107 Å². The largest absolute Gasteiger partial charge is 0.508 e. The molecule has 0 radical (unpaired) electrons. The molecule has 30 heteroatoms. The van der Waals surface area contributed by atoms with Crippen molar-refractivity contribution in [3.63, 3.8) is 0 Å². The Morgan fingerprint density at radius 2 is 0.946 bits per heavy atom. The molecule has 508 valence electrons. The monoisotopic (exact) mass is 1290 g/mol. The number of amides is 9. The van der Waals surface area contributed by atoms with Gasteiger partial charge in [0.2, 0.25) is 53.2 Å². The summed E-state index contributed by atoms with van der Waals surface area (Å²) in [7, 11) is 0. The van der Waals surface area contributed by atoms with Gasteiger partial charge < -0.3 is 97.0 Å². The summed E-state index contributed by atoms with van der Waals surface area (Å²) in [6, 6.07) is 8.82. The number of phenolic OH excluding ortho intramolecular Hbond substituents is 1. The highest BCUT2D eigenvalue weighted by Gasteiger charge is 2.36. The summed E-state index contributed by atoms with van der Waals surface area (Å²) in [5, 5.41) is 62.5. The molecule has 0 saturated carbocycles. The number of carbonyl (C=O) groups excluding carboxylic acids is 9. The van der Waals surface area contributed by atoms with Crippen LogP contribution in [0.5, 0.6) is 5.75 Å². The quantitative estimate of drug-likeness (QED) is 0.0141. The number of hydrogen-bond acceptors (Lipinski definition) is 15. The number of unbranched alkanes of at least 4 members (excludes halogenated alkanes) is 1. The van der Waals surface area contributed by atoms with Gasteiger partial charge in [0.05, 0.1) is 12.5 Å². The van der Waals surface area contributed by atoms with Crippen molar-refractivity contribution in [2.45, 2.75) is 166 Å². The highest BCUT2D eigenvalue weighted by molar-refractivity contribution is 5.99. The van der Waals surface area contributed by atoms with Crippen LogP contribution in [-0.4, -0.2) is 160 Å². The summed E-state index contributed by atoms with van der Waals surface area (Å²) in [5.41, 5.74) is 31.0. The second-order valence-electron chi connectivity index (χ2n) is 23.4. The maximum Gasteiger partial charge on any atom is 0.326 e. The van der Waals surface area contributed by atoms with Crippen LogP contribution >= 0.6 is 0 Å². The van der Waals surface area contributed by atoms with Crippen molar-refractivity contribution in [3.05, 3.63) is 102 Å². The lowest BCUT2D eigenvalue weighted by Crippen LogP contribution is -2.61. The molecule has 1 aromatic heterocycles. The summed E-state index contributed by atoms with van der Waals surface area (Å²) in [5.74, 6) is -10.5. The first-order valence-electron chi connectivity index (χ1n) is 31.1. The topological polar surface area (TPSA) is 525 Å². The number of phenols is 1. The Hall–Kier alpha value is -9.84. The lowest BCUT2D eigenvalue weighted by molar-refractivity contribution is -0.142. The number of H-pyrrole nitrogens is 1. The number of primary amides is 1. The number of aromatic hydroxyl groups is 1. The van der Waals surface area contributed by atoms with E-state index in [1.165, 1.54) is 24.3 Å². The van der Waals surface area contributed by atoms with Crippen LogP contribution in [0.2, 0.25) is 0 Å². The lowest BCUT2D eigenvalue weighted by atomic mass is 9.98. The number of fused-ring (bicyclic) bond motifs is 1. The Balaban J connectivity index is 1.69. The van der Waals surface area contributed by atoms with E-state index in [9.17, 15) is 58.2 Å². The van der Waals surface area contributed by atoms with Gasteiger partial charge in [0.15, 0.2) is 11.9 Å². The first-order valence-corrected chi connectivity index (χ1v) is 31.1. The zero-order valence-corrected chi connectivity index (χ0v) is 53.1. The van der Waals surface area contributed by atoms with E-state index in [0.717, 1.165) is 0 Å². The van der Waals surface area contributed by atoms with Crippen LogP contribution in [0.1, 0.15) is 109 Å². The van der Waals surface area contributed by atoms with E-state index in [1.54, 1.807) is 81.6 Å². The molecule has 3 aromatic carbocycles. The maximum atomic E-state index is 14.9. The number of carboxylic acid groups (broad SMARTS) is 1. The van der Waals surface area contributed by atoms with Crippen molar-refractivity contribution in [1.82, 2.24) is 58.2 Å². The van der Waals surface area contributed by atoms with Gasteiger partial charge in [-0.3, -0.25) is 54.0 Å². The van der Waals surface area contributed by atoms with Crippen LogP contribution in [0.15, 0.2) is 85.1 Å². The number of carboxylic acids is 1. The summed E-state index contributed by atoms with van der Waals surface area (Å²) in [6.07, 6.45) is 1.74. The van der Waals surface area contributed by atoms with E-state index < -0.39 is 120 Å². The number of para-hydroxylation sites is 1. The second-order valence-corrected chi connectivity index (χ2v) is 23.4.